The number of carbonyl (C=O) groups excluding carboxylic acids is 1. The van der Waals surface area contributed by atoms with Gasteiger partial charge in [-0.15, -0.1) is 0 Å². The number of nitrogens with zero attached hydrogens (tertiary/aromatic N) is 4. The SMILES string of the molecule is CNC(=O)C[C@H](C)[C@@H](C)Oc1cc(-c2cnn(C(C)C)c2)cc2nn(C)c(F)c12. The highest BCUT2D eigenvalue weighted by molar-refractivity contribution is 5.90. The zero-order valence-corrected chi connectivity index (χ0v) is 17.7. The van der Waals surface area contributed by atoms with Gasteiger partial charge in [-0.1, -0.05) is 6.92 Å². The summed E-state index contributed by atoms with van der Waals surface area (Å²) in [7, 11) is 3.17. The van der Waals surface area contributed by atoms with Crippen molar-refractivity contribution in [3.8, 4) is 16.9 Å². The summed E-state index contributed by atoms with van der Waals surface area (Å²) in [6, 6.07) is 3.89. The Morgan fingerprint density at radius 3 is 2.59 bits per heavy atom. The van der Waals surface area contributed by atoms with Crippen LogP contribution in [0.2, 0.25) is 0 Å². The Labute approximate surface area is 169 Å². The minimum absolute atomic E-state index is 0.0444. The summed E-state index contributed by atoms with van der Waals surface area (Å²) in [5.74, 6) is -0.139. The van der Waals surface area contributed by atoms with Crippen molar-refractivity contribution < 1.29 is 13.9 Å². The first kappa shape index (κ1) is 20.8. The molecule has 1 N–H and O–H groups in total. The Hall–Kier alpha value is -2.90. The van der Waals surface area contributed by atoms with Gasteiger partial charge in [-0.3, -0.25) is 9.48 Å². The molecule has 1 aromatic carbocycles. The van der Waals surface area contributed by atoms with Gasteiger partial charge in [-0.2, -0.15) is 14.6 Å². The molecule has 2 atom stereocenters. The number of aromatic nitrogens is 4. The maximum atomic E-state index is 14.7. The van der Waals surface area contributed by atoms with Gasteiger partial charge in [0.2, 0.25) is 11.9 Å². The van der Waals surface area contributed by atoms with Crippen molar-refractivity contribution >= 4 is 16.8 Å². The molecule has 3 rings (SSSR count). The van der Waals surface area contributed by atoms with Gasteiger partial charge in [-0.25, -0.2) is 4.68 Å². The molecule has 3 aromatic rings. The highest BCUT2D eigenvalue weighted by Crippen LogP contribution is 2.35. The first-order valence-corrected chi connectivity index (χ1v) is 9.79. The average molecular weight is 401 g/mol. The van der Waals surface area contributed by atoms with Gasteiger partial charge < -0.3 is 10.1 Å². The standard InChI is InChI=1S/C21H28FN5O2/c1-12(2)27-11-16(10-24-27)15-8-17-20(21(22)26(6)25-17)18(9-15)29-14(4)13(3)7-19(28)23-5/h8-14H,7H2,1-6H3,(H,23,28)/t13-,14+/m0/s1. The Bertz CT molecular complexity index is 1020. The predicted molar refractivity (Wildman–Crippen MR) is 110 cm³/mol. The summed E-state index contributed by atoms with van der Waals surface area (Å²) in [6.07, 6.45) is 3.77. The highest BCUT2D eigenvalue weighted by Gasteiger charge is 2.22. The number of carbonyl (C=O) groups is 1. The molecule has 0 saturated carbocycles. The molecule has 0 aliphatic carbocycles. The third-order valence-corrected chi connectivity index (χ3v) is 5.19. The van der Waals surface area contributed by atoms with Gasteiger partial charge in [0.05, 0.1) is 23.2 Å². The van der Waals surface area contributed by atoms with Crippen LogP contribution in [0.5, 0.6) is 5.75 Å². The van der Waals surface area contributed by atoms with Crippen LogP contribution in [0.3, 0.4) is 0 Å². The van der Waals surface area contributed by atoms with Crippen molar-refractivity contribution in [3.05, 3.63) is 30.5 Å². The number of halogens is 1. The number of hydrogen-bond acceptors (Lipinski definition) is 4. The first-order valence-electron chi connectivity index (χ1n) is 9.79. The number of rotatable bonds is 7. The number of aryl methyl sites for hydroxylation is 1. The molecule has 0 radical (unpaired) electrons. The maximum Gasteiger partial charge on any atom is 0.222 e. The molecular formula is C21H28FN5O2. The van der Waals surface area contributed by atoms with E-state index in [1.54, 1.807) is 20.3 Å². The van der Waals surface area contributed by atoms with Crippen molar-refractivity contribution in [1.29, 1.82) is 0 Å². The molecule has 29 heavy (non-hydrogen) atoms. The van der Waals surface area contributed by atoms with Crippen LogP contribution in [0.1, 0.15) is 40.2 Å². The molecule has 2 aromatic heterocycles. The number of fused-ring (bicyclic) bond motifs is 1. The summed E-state index contributed by atoms with van der Waals surface area (Å²) in [4.78, 5) is 11.7. The van der Waals surface area contributed by atoms with Gasteiger partial charge in [0.15, 0.2) is 0 Å². The number of hydrogen-bond donors (Lipinski definition) is 1. The minimum Gasteiger partial charge on any atom is -0.490 e. The summed E-state index contributed by atoms with van der Waals surface area (Å²) >= 11 is 0. The summed E-state index contributed by atoms with van der Waals surface area (Å²) in [5.41, 5.74) is 2.27. The molecule has 8 heteroatoms. The van der Waals surface area contributed by atoms with Crippen LogP contribution in [-0.4, -0.2) is 38.6 Å². The molecule has 156 valence electrons. The lowest BCUT2D eigenvalue weighted by atomic mass is 10.0. The van der Waals surface area contributed by atoms with Gasteiger partial charge in [-0.05, 0) is 38.5 Å². The van der Waals surface area contributed by atoms with E-state index in [2.05, 4.69) is 29.4 Å². The molecule has 2 heterocycles. The second-order valence-electron chi connectivity index (χ2n) is 7.76. The predicted octanol–water partition coefficient (Wildman–Crippen LogP) is 3.70. The van der Waals surface area contributed by atoms with Crippen molar-refractivity contribution in [2.24, 2.45) is 13.0 Å². The molecular weight excluding hydrogens is 373 g/mol. The molecule has 0 aliphatic heterocycles. The summed E-state index contributed by atoms with van der Waals surface area (Å²) in [5, 5.41) is 11.6. The van der Waals surface area contributed by atoms with Gasteiger partial charge in [0.25, 0.3) is 0 Å². The Kier molecular flexibility index (Phi) is 5.91. The zero-order valence-electron chi connectivity index (χ0n) is 17.7. The first-order chi connectivity index (χ1) is 13.7. The molecule has 0 bridgehead atoms. The van der Waals surface area contributed by atoms with Crippen LogP contribution in [0, 0.1) is 11.9 Å². The highest BCUT2D eigenvalue weighted by atomic mass is 19.1. The number of ether oxygens (including phenoxy) is 1. The zero-order chi connectivity index (χ0) is 21.3. The number of amides is 1. The van der Waals surface area contributed by atoms with Crippen LogP contribution in [-0.2, 0) is 11.8 Å². The van der Waals surface area contributed by atoms with Crippen LogP contribution in [0.4, 0.5) is 4.39 Å². The molecule has 1 amide bonds. The molecule has 0 aliphatic rings. The van der Waals surface area contributed by atoms with Crippen molar-refractivity contribution in [1.82, 2.24) is 24.9 Å². The van der Waals surface area contributed by atoms with Crippen LogP contribution < -0.4 is 10.1 Å². The quantitative estimate of drug-likeness (QED) is 0.655. The lowest BCUT2D eigenvalue weighted by Gasteiger charge is -2.21. The molecule has 0 saturated heterocycles. The van der Waals surface area contributed by atoms with E-state index in [0.717, 1.165) is 11.1 Å². The second kappa shape index (κ2) is 8.23. The van der Waals surface area contributed by atoms with Crippen LogP contribution >= 0.6 is 0 Å². The summed E-state index contributed by atoms with van der Waals surface area (Å²) < 4.78 is 23.9. The van der Waals surface area contributed by atoms with E-state index in [0.29, 0.717) is 23.1 Å². The van der Waals surface area contributed by atoms with E-state index >= 15 is 0 Å². The second-order valence-corrected chi connectivity index (χ2v) is 7.76. The number of nitrogens with one attached hydrogen (secondary N) is 1. The Morgan fingerprint density at radius 2 is 1.97 bits per heavy atom. The average Bonchev–Trinajstić information content (AvgIpc) is 3.27. The summed E-state index contributed by atoms with van der Waals surface area (Å²) in [6.45, 7) is 7.93. The molecule has 7 nitrogen and oxygen atoms in total. The topological polar surface area (TPSA) is 74.0 Å². The van der Waals surface area contributed by atoms with Gasteiger partial charge in [0.1, 0.15) is 5.75 Å². The minimum atomic E-state index is -0.453. The van der Waals surface area contributed by atoms with E-state index in [4.69, 9.17) is 4.74 Å². The van der Waals surface area contributed by atoms with Gasteiger partial charge in [0, 0.05) is 44.2 Å². The fraction of sp³-hybridized carbons (Fsp3) is 0.476. The third kappa shape index (κ3) is 4.26. The lowest BCUT2D eigenvalue weighted by Crippen LogP contribution is -2.28. The van der Waals surface area contributed by atoms with Gasteiger partial charge >= 0.3 is 0 Å². The Balaban J connectivity index is 2.01. The van der Waals surface area contributed by atoms with Crippen LogP contribution in [0.15, 0.2) is 24.5 Å². The maximum absolute atomic E-state index is 14.7. The Morgan fingerprint density at radius 1 is 1.24 bits per heavy atom. The monoisotopic (exact) mass is 401 g/mol. The van der Waals surface area contributed by atoms with Crippen molar-refractivity contribution in [2.45, 2.75) is 46.3 Å². The fourth-order valence-corrected chi connectivity index (χ4v) is 3.16. The van der Waals surface area contributed by atoms with E-state index in [1.165, 1.54) is 4.68 Å². The largest absolute Gasteiger partial charge is 0.490 e. The van der Waals surface area contributed by atoms with E-state index in [-0.39, 0.29) is 24.0 Å². The molecule has 0 fully saturated rings. The lowest BCUT2D eigenvalue weighted by molar-refractivity contribution is -0.122. The van der Waals surface area contributed by atoms with Crippen molar-refractivity contribution in [3.63, 3.8) is 0 Å². The normalized spacial score (nSPS) is 13.7. The van der Waals surface area contributed by atoms with Crippen molar-refractivity contribution in [2.75, 3.05) is 7.05 Å². The van der Waals surface area contributed by atoms with E-state index in [1.807, 2.05) is 36.9 Å². The smallest absolute Gasteiger partial charge is 0.222 e. The third-order valence-electron chi connectivity index (χ3n) is 5.19. The molecule has 0 spiro atoms. The van der Waals surface area contributed by atoms with E-state index < -0.39 is 5.95 Å². The number of benzene rings is 1. The molecule has 0 unspecified atom stereocenters. The van der Waals surface area contributed by atoms with Crippen LogP contribution in [0.25, 0.3) is 22.0 Å². The van der Waals surface area contributed by atoms with E-state index in [9.17, 15) is 9.18 Å². The fourth-order valence-electron chi connectivity index (χ4n) is 3.16.